The maximum atomic E-state index is 12.7. The van der Waals surface area contributed by atoms with Crippen molar-refractivity contribution in [1.82, 2.24) is 5.32 Å². The van der Waals surface area contributed by atoms with Gasteiger partial charge in [0.05, 0.1) is 16.9 Å². The number of thioether (sulfide) groups is 1. The molecule has 5 nitrogen and oxygen atoms in total. The van der Waals surface area contributed by atoms with Gasteiger partial charge in [0.2, 0.25) is 0 Å². The van der Waals surface area contributed by atoms with Crippen molar-refractivity contribution in [2.24, 2.45) is 0 Å². The van der Waals surface area contributed by atoms with Crippen molar-refractivity contribution < 1.29 is 19.1 Å². The normalized spacial score (nSPS) is 15.7. The van der Waals surface area contributed by atoms with Gasteiger partial charge in [-0.15, -0.1) is 11.6 Å². The smallest absolute Gasteiger partial charge is 0.333 e. The molecular formula is C27H38ClNO4S. The topological polar surface area (TPSA) is 64.6 Å². The van der Waals surface area contributed by atoms with E-state index in [1.165, 1.54) is 18.9 Å². The second-order valence-corrected chi connectivity index (χ2v) is 9.37. The molecule has 34 heavy (non-hydrogen) atoms. The van der Waals surface area contributed by atoms with Crippen LogP contribution in [0.3, 0.4) is 0 Å². The first-order valence-corrected chi connectivity index (χ1v) is 13.0. The number of methoxy groups -OCH3 is 1. The molecule has 2 unspecified atom stereocenters. The van der Waals surface area contributed by atoms with Crippen LogP contribution in [0.2, 0.25) is 0 Å². The Morgan fingerprint density at radius 2 is 1.79 bits per heavy atom. The van der Waals surface area contributed by atoms with Gasteiger partial charge in [0.15, 0.2) is 6.04 Å². The van der Waals surface area contributed by atoms with E-state index in [0.29, 0.717) is 22.8 Å². The van der Waals surface area contributed by atoms with E-state index in [4.69, 9.17) is 21.1 Å². The van der Waals surface area contributed by atoms with E-state index in [9.17, 15) is 9.59 Å². The average Bonchev–Trinajstić information content (AvgIpc) is 3.67. The summed E-state index contributed by atoms with van der Waals surface area (Å²) in [5.74, 6) is -0.169. The fraction of sp³-hybridized carbons (Fsp3) is 0.481. The number of alkyl halides is 1. The highest BCUT2D eigenvalue weighted by atomic mass is 35.5. The Labute approximate surface area is 214 Å². The van der Waals surface area contributed by atoms with Gasteiger partial charge in [-0.1, -0.05) is 76.2 Å². The lowest BCUT2D eigenvalue weighted by atomic mass is 10.0. The lowest BCUT2D eigenvalue weighted by molar-refractivity contribution is -0.144. The third-order valence-electron chi connectivity index (χ3n) is 5.25. The van der Waals surface area contributed by atoms with Crippen LogP contribution < -0.4 is 10.1 Å². The Morgan fingerprint density at radius 3 is 2.29 bits per heavy atom. The van der Waals surface area contributed by atoms with E-state index in [2.05, 4.69) is 19.2 Å². The predicted molar refractivity (Wildman–Crippen MR) is 143 cm³/mol. The standard InChI is InChI=1S/C25H32ClNO4S.C2H6/c1-6-10-17(8-3)21-22(32-21)23(28)27-20(24(29)30-5)18-11-13-19(14-12-18)31-16-25(26,9-4)15-7-2;1-2/h6,8,10-14,20H,7,9,15-16H2,1-5H3,(H,27,28);1-2H3/b10-6-,17-8+;. The molecule has 0 radical (unpaired) electrons. The summed E-state index contributed by atoms with van der Waals surface area (Å²) in [6.07, 6.45) is 8.51. The summed E-state index contributed by atoms with van der Waals surface area (Å²) in [6, 6.07) is 6.15. The second-order valence-electron chi connectivity index (χ2n) is 7.55. The van der Waals surface area contributed by atoms with Crippen LogP contribution in [0.25, 0.3) is 0 Å². The van der Waals surface area contributed by atoms with Crippen molar-refractivity contribution in [1.29, 1.82) is 0 Å². The molecule has 1 aromatic carbocycles. The van der Waals surface area contributed by atoms with Crippen LogP contribution in [0.5, 0.6) is 5.75 Å². The SMILES string of the molecule is C/C=C\C(=C/C)C1=C(C(=O)NC(C(=O)OC)c2ccc(OCC(Cl)(CC)CCC)cc2)S1.CC. The van der Waals surface area contributed by atoms with E-state index < -0.39 is 12.0 Å². The van der Waals surface area contributed by atoms with Crippen molar-refractivity contribution in [3.8, 4) is 5.75 Å². The molecule has 2 atom stereocenters. The number of benzene rings is 1. The van der Waals surface area contributed by atoms with Gasteiger partial charge in [0.25, 0.3) is 5.91 Å². The van der Waals surface area contributed by atoms with E-state index in [0.717, 1.165) is 29.7 Å². The van der Waals surface area contributed by atoms with Crippen molar-refractivity contribution in [3.05, 3.63) is 63.4 Å². The Morgan fingerprint density at radius 1 is 1.15 bits per heavy atom. The summed E-state index contributed by atoms with van der Waals surface area (Å²) in [4.78, 5) is 26.3. The number of esters is 1. The van der Waals surface area contributed by atoms with Gasteiger partial charge in [-0.3, -0.25) is 4.79 Å². The molecule has 188 valence electrons. The maximum Gasteiger partial charge on any atom is 0.333 e. The minimum atomic E-state index is -0.907. The molecule has 2 rings (SSSR count). The zero-order chi connectivity index (χ0) is 25.7. The van der Waals surface area contributed by atoms with E-state index in [1.807, 2.05) is 45.9 Å². The Balaban J connectivity index is 0.00000281. The number of halogens is 1. The first-order valence-electron chi connectivity index (χ1n) is 11.8. The quantitative estimate of drug-likeness (QED) is 0.186. The van der Waals surface area contributed by atoms with Crippen LogP contribution in [-0.2, 0) is 14.3 Å². The first-order chi connectivity index (χ1) is 16.3. The summed E-state index contributed by atoms with van der Waals surface area (Å²) < 4.78 is 10.8. The predicted octanol–water partition coefficient (Wildman–Crippen LogP) is 7.09. The molecule has 1 heterocycles. The monoisotopic (exact) mass is 507 g/mol. The van der Waals surface area contributed by atoms with Gasteiger partial charge in [-0.05, 0) is 50.0 Å². The zero-order valence-electron chi connectivity index (χ0n) is 21.4. The van der Waals surface area contributed by atoms with Crippen LogP contribution >= 0.6 is 23.4 Å². The summed E-state index contributed by atoms with van der Waals surface area (Å²) >= 11 is 8.03. The molecule has 0 aliphatic carbocycles. The molecule has 7 heteroatoms. The van der Waals surface area contributed by atoms with Crippen molar-refractivity contribution in [3.63, 3.8) is 0 Å². The highest BCUT2D eigenvalue weighted by Crippen LogP contribution is 2.50. The van der Waals surface area contributed by atoms with Crippen LogP contribution in [-0.4, -0.2) is 30.5 Å². The van der Waals surface area contributed by atoms with Crippen molar-refractivity contribution in [2.75, 3.05) is 13.7 Å². The van der Waals surface area contributed by atoms with Crippen LogP contribution in [0.1, 0.15) is 72.4 Å². The number of hydrogen-bond donors (Lipinski definition) is 1. The number of rotatable bonds is 12. The highest BCUT2D eigenvalue weighted by molar-refractivity contribution is 8.14. The number of carbonyl (C=O) groups is 2. The fourth-order valence-corrected chi connectivity index (χ4v) is 4.32. The Bertz CT molecular complexity index is 908. The van der Waals surface area contributed by atoms with Crippen molar-refractivity contribution in [2.45, 2.75) is 71.7 Å². The number of carbonyl (C=O) groups excluding carboxylic acids is 2. The molecule has 0 bridgehead atoms. The van der Waals surface area contributed by atoms with Crippen LogP contribution in [0.15, 0.2) is 57.9 Å². The summed E-state index contributed by atoms with van der Waals surface area (Å²) in [5, 5.41) is 2.79. The van der Waals surface area contributed by atoms with Gasteiger partial charge < -0.3 is 14.8 Å². The largest absolute Gasteiger partial charge is 0.492 e. The van der Waals surface area contributed by atoms with Gasteiger partial charge >= 0.3 is 5.97 Å². The van der Waals surface area contributed by atoms with Crippen LogP contribution in [0.4, 0.5) is 0 Å². The third kappa shape index (κ3) is 8.55. The molecule has 0 spiro atoms. The van der Waals surface area contributed by atoms with E-state index in [1.54, 1.807) is 24.3 Å². The molecule has 0 saturated heterocycles. The molecular weight excluding hydrogens is 470 g/mol. The van der Waals surface area contributed by atoms with Crippen molar-refractivity contribution >= 4 is 35.2 Å². The Kier molecular flexibility index (Phi) is 13.1. The molecule has 0 fully saturated rings. The second kappa shape index (κ2) is 14.9. The number of hydrogen-bond acceptors (Lipinski definition) is 5. The molecule has 0 saturated carbocycles. The van der Waals surface area contributed by atoms with E-state index in [-0.39, 0.29) is 10.8 Å². The van der Waals surface area contributed by atoms with E-state index >= 15 is 0 Å². The maximum absolute atomic E-state index is 12.7. The minimum Gasteiger partial charge on any atom is -0.492 e. The average molecular weight is 508 g/mol. The fourth-order valence-electron chi connectivity index (χ4n) is 3.26. The molecule has 1 aromatic rings. The first kappa shape index (κ1) is 29.9. The number of ether oxygens (including phenoxy) is 2. The number of allylic oxidation sites excluding steroid dienone is 4. The summed E-state index contributed by atoms with van der Waals surface area (Å²) in [6.45, 7) is 12.4. The lowest BCUT2D eigenvalue weighted by Gasteiger charge is -2.25. The Hall–Kier alpha value is -2.18. The molecule has 1 amide bonds. The zero-order valence-corrected chi connectivity index (χ0v) is 22.9. The molecule has 1 aliphatic heterocycles. The van der Waals surface area contributed by atoms with Crippen LogP contribution in [0, 0.1) is 0 Å². The number of nitrogens with one attached hydrogen (secondary N) is 1. The number of amides is 1. The lowest BCUT2D eigenvalue weighted by Crippen LogP contribution is -2.34. The highest BCUT2D eigenvalue weighted by Gasteiger charge is 2.34. The molecule has 1 N–H and O–H groups in total. The molecule has 0 aromatic heterocycles. The van der Waals surface area contributed by atoms with Gasteiger partial charge in [0, 0.05) is 4.91 Å². The van der Waals surface area contributed by atoms with Gasteiger partial charge in [-0.25, -0.2) is 4.79 Å². The van der Waals surface area contributed by atoms with Gasteiger partial charge in [0.1, 0.15) is 12.4 Å². The minimum absolute atomic E-state index is 0.293. The molecule has 1 aliphatic rings. The van der Waals surface area contributed by atoms with Gasteiger partial charge in [-0.2, -0.15) is 0 Å². The summed E-state index contributed by atoms with van der Waals surface area (Å²) in [5.41, 5.74) is 1.61. The summed E-state index contributed by atoms with van der Waals surface area (Å²) in [7, 11) is 1.30. The third-order valence-corrected chi connectivity index (χ3v) is 6.85.